The van der Waals surface area contributed by atoms with E-state index in [-0.39, 0.29) is 17.1 Å². The fourth-order valence-corrected chi connectivity index (χ4v) is 4.14. The van der Waals surface area contributed by atoms with Gasteiger partial charge in [-0.05, 0) is 23.8 Å². The van der Waals surface area contributed by atoms with E-state index in [0.29, 0.717) is 18.5 Å². The third kappa shape index (κ3) is 2.20. The number of fused-ring (bicyclic) bond motifs is 3. The van der Waals surface area contributed by atoms with Gasteiger partial charge >= 0.3 is 0 Å². The molecule has 1 saturated heterocycles. The van der Waals surface area contributed by atoms with Gasteiger partial charge in [-0.25, -0.2) is 4.39 Å². The van der Waals surface area contributed by atoms with Crippen molar-refractivity contribution in [3.8, 4) is 0 Å². The van der Waals surface area contributed by atoms with Crippen molar-refractivity contribution in [2.24, 2.45) is 0 Å². The van der Waals surface area contributed by atoms with Crippen molar-refractivity contribution in [2.45, 2.75) is 31.3 Å². The lowest BCUT2D eigenvalue weighted by Crippen LogP contribution is -2.68. The zero-order chi connectivity index (χ0) is 17.7. The fourth-order valence-electron chi connectivity index (χ4n) is 4.14. The van der Waals surface area contributed by atoms with Crippen molar-refractivity contribution in [1.82, 2.24) is 5.32 Å². The second-order valence-corrected chi connectivity index (χ2v) is 7.21. The third-order valence-electron chi connectivity index (χ3n) is 5.55. The highest BCUT2D eigenvalue weighted by molar-refractivity contribution is 5.84. The maximum Gasteiger partial charge on any atom is 0.223 e. The van der Waals surface area contributed by atoms with Crippen molar-refractivity contribution in [2.75, 3.05) is 11.4 Å². The average Bonchev–Trinajstić information content (AvgIpc) is 2.79. The fraction of sp³-hybridized carbons (Fsp3) is 0.286. The largest absolute Gasteiger partial charge is 0.344 e. The molecule has 1 unspecified atom stereocenters. The van der Waals surface area contributed by atoms with Crippen LogP contribution in [0.3, 0.4) is 0 Å². The number of nitrogens with zero attached hydrogens (tertiary/aromatic N) is 1. The molecular formula is C21H21FN2O. The highest BCUT2D eigenvalue weighted by atomic mass is 19.1. The van der Waals surface area contributed by atoms with Crippen LogP contribution < -0.4 is 10.2 Å². The van der Waals surface area contributed by atoms with Crippen molar-refractivity contribution >= 4 is 17.7 Å². The molecule has 0 aromatic heterocycles. The van der Waals surface area contributed by atoms with E-state index in [1.54, 1.807) is 18.2 Å². The zero-order valence-electron chi connectivity index (χ0n) is 14.4. The smallest absolute Gasteiger partial charge is 0.223 e. The molecule has 0 bridgehead atoms. The van der Waals surface area contributed by atoms with E-state index in [9.17, 15) is 9.18 Å². The van der Waals surface area contributed by atoms with E-state index in [4.69, 9.17) is 0 Å². The Morgan fingerprint density at radius 3 is 2.64 bits per heavy atom. The molecule has 0 aliphatic carbocycles. The van der Waals surface area contributed by atoms with E-state index in [1.165, 1.54) is 11.6 Å². The minimum atomic E-state index is -0.700. The number of hydrogen-bond acceptors (Lipinski definition) is 2. The van der Waals surface area contributed by atoms with Crippen LogP contribution >= 0.6 is 0 Å². The lowest BCUT2D eigenvalue weighted by molar-refractivity contribution is -0.124. The maximum atomic E-state index is 14.1. The van der Waals surface area contributed by atoms with Crippen LogP contribution in [0.2, 0.25) is 0 Å². The van der Waals surface area contributed by atoms with E-state index in [1.807, 2.05) is 24.3 Å². The van der Waals surface area contributed by atoms with Gasteiger partial charge in [0, 0.05) is 29.6 Å². The third-order valence-corrected chi connectivity index (χ3v) is 5.55. The van der Waals surface area contributed by atoms with Gasteiger partial charge in [-0.1, -0.05) is 56.3 Å². The Balaban J connectivity index is 1.86. The maximum absolute atomic E-state index is 14.1. The van der Waals surface area contributed by atoms with Crippen LogP contribution in [0.25, 0.3) is 6.08 Å². The number of rotatable bonds is 2. The van der Waals surface area contributed by atoms with Crippen LogP contribution in [0.5, 0.6) is 0 Å². The molecule has 4 rings (SSSR count). The van der Waals surface area contributed by atoms with Gasteiger partial charge in [0.05, 0.1) is 0 Å². The zero-order valence-corrected chi connectivity index (χ0v) is 14.4. The summed E-state index contributed by atoms with van der Waals surface area (Å²) in [5, 5.41) is 3.20. The molecule has 3 nitrogen and oxygen atoms in total. The molecule has 2 aromatic carbocycles. The normalized spacial score (nSPS) is 24.1. The Kier molecular flexibility index (Phi) is 3.46. The van der Waals surface area contributed by atoms with Crippen LogP contribution in [0.1, 0.15) is 31.4 Å². The summed E-state index contributed by atoms with van der Waals surface area (Å²) in [5.74, 6) is -0.243. The number of anilines is 1. The summed E-state index contributed by atoms with van der Waals surface area (Å²) in [6.07, 6.45) is 4.18. The molecule has 2 aliphatic heterocycles. The number of para-hydroxylation sites is 1. The van der Waals surface area contributed by atoms with Gasteiger partial charge in [-0.3, -0.25) is 4.79 Å². The number of carbonyl (C=O) groups is 1. The molecule has 2 aromatic rings. The minimum Gasteiger partial charge on any atom is -0.344 e. The van der Waals surface area contributed by atoms with Crippen LogP contribution in [-0.2, 0) is 10.2 Å². The van der Waals surface area contributed by atoms with E-state index >= 15 is 0 Å². The van der Waals surface area contributed by atoms with Gasteiger partial charge in [-0.2, -0.15) is 0 Å². The summed E-state index contributed by atoms with van der Waals surface area (Å²) in [6, 6.07) is 14.9. The Hall–Kier alpha value is -2.62. The molecule has 0 radical (unpaired) electrons. The second kappa shape index (κ2) is 5.45. The van der Waals surface area contributed by atoms with Crippen LogP contribution in [-0.4, -0.2) is 18.1 Å². The number of benzene rings is 2. The average molecular weight is 336 g/mol. The van der Waals surface area contributed by atoms with Gasteiger partial charge in [0.1, 0.15) is 11.5 Å². The van der Waals surface area contributed by atoms with Crippen LogP contribution in [0.15, 0.2) is 54.6 Å². The highest BCUT2D eigenvalue weighted by Gasteiger charge is 2.57. The van der Waals surface area contributed by atoms with Crippen molar-refractivity contribution in [1.29, 1.82) is 0 Å². The quantitative estimate of drug-likeness (QED) is 0.903. The van der Waals surface area contributed by atoms with Gasteiger partial charge in [0.2, 0.25) is 5.91 Å². The van der Waals surface area contributed by atoms with Gasteiger partial charge in [0.15, 0.2) is 0 Å². The van der Waals surface area contributed by atoms with Crippen molar-refractivity contribution in [3.63, 3.8) is 0 Å². The molecule has 1 N–H and O–H groups in total. The van der Waals surface area contributed by atoms with Crippen molar-refractivity contribution < 1.29 is 9.18 Å². The molecule has 128 valence electrons. The molecule has 2 aliphatic rings. The molecule has 0 saturated carbocycles. The first-order valence-electron chi connectivity index (χ1n) is 8.58. The number of carbonyl (C=O) groups excluding carboxylic acids is 1. The van der Waals surface area contributed by atoms with Gasteiger partial charge < -0.3 is 10.2 Å². The SMILES string of the molecule is CC1(C)c2ccccc2N2CCC(=O)NC21/C=C/c1ccccc1F. The van der Waals surface area contributed by atoms with Gasteiger partial charge in [-0.15, -0.1) is 0 Å². The molecule has 1 atom stereocenters. The Morgan fingerprint density at radius 1 is 1.12 bits per heavy atom. The summed E-state index contributed by atoms with van der Waals surface area (Å²) in [5.41, 5.74) is 1.79. The van der Waals surface area contributed by atoms with Crippen LogP contribution in [0, 0.1) is 5.82 Å². The summed E-state index contributed by atoms with van der Waals surface area (Å²) in [7, 11) is 0. The number of halogens is 1. The first-order valence-corrected chi connectivity index (χ1v) is 8.58. The topological polar surface area (TPSA) is 32.3 Å². The molecule has 4 heteroatoms. The van der Waals surface area contributed by atoms with Crippen molar-refractivity contribution in [3.05, 3.63) is 71.6 Å². The standard InChI is InChI=1S/C21H21FN2O/c1-20(2)16-8-4-6-10-18(16)24-14-12-19(25)23-21(20,24)13-11-15-7-3-5-9-17(15)22/h3-11,13H,12,14H2,1-2H3,(H,23,25)/b13-11+. The number of nitrogens with one attached hydrogen (secondary N) is 1. The molecule has 0 spiro atoms. The Labute approximate surface area is 147 Å². The minimum absolute atomic E-state index is 0.0234. The number of hydrogen-bond donors (Lipinski definition) is 1. The molecule has 1 fully saturated rings. The first-order chi connectivity index (χ1) is 12.0. The summed E-state index contributed by atoms with van der Waals surface area (Å²) in [4.78, 5) is 14.5. The Morgan fingerprint density at radius 2 is 1.84 bits per heavy atom. The lowest BCUT2D eigenvalue weighted by Gasteiger charge is -2.49. The first kappa shape index (κ1) is 15.9. The highest BCUT2D eigenvalue weighted by Crippen LogP contribution is 2.52. The van der Waals surface area contributed by atoms with Gasteiger partial charge in [0.25, 0.3) is 0 Å². The van der Waals surface area contributed by atoms with Crippen LogP contribution in [0.4, 0.5) is 10.1 Å². The number of amides is 1. The van der Waals surface area contributed by atoms with E-state index < -0.39 is 5.66 Å². The lowest BCUT2D eigenvalue weighted by atomic mass is 9.74. The molecule has 1 amide bonds. The predicted octanol–water partition coefficient (Wildman–Crippen LogP) is 3.85. The second-order valence-electron chi connectivity index (χ2n) is 7.21. The molecular weight excluding hydrogens is 315 g/mol. The van der Waals surface area contributed by atoms with E-state index in [0.717, 1.165) is 5.69 Å². The summed E-state index contributed by atoms with van der Waals surface area (Å²) < 4.78 is 14.1. The summed E-state index contributed by atoms with van der Waals surface area (Å²) >= 11 is 0. The predicted molar refractivity (Wildman–Crippen MR) is 97.7 cm³/mol. The molecule has 25 heavy (non-hydrogen) atoms. The monoisotopic (exact) mass is 336 g/mol. The Bertz CT molecular complexity index is 874. The summed E-state index contributed by atoms with van der Waals surface area (Å²) in [6.45, 7) is 4.90. The molecule has 2 heterocycles. The van der Waals surface area contributed by atoms with E-state index in [2.05, 4.69) is 36.2 Å².